The Balaban J connectivity index is 1.93. The Bertz CT molecular complexity index is 1080. The third-order valence-electron chi connectivity index (χ3n) is 8.08. The maximum Gasteiger partial charge on any atom is 0.334 e. The first kappa shape index (κ1) is 34.6. The summed E-state index contributed by atoms with van der Waals surface area (Å²) in [7, 11) is 0. The number of carbonyl (C=O) groups is 3. The molecule has 1 aliphatic carbocycles. The van der Waals surface area contributed by atoms with Gasteiger partial charge in [-0.05, 0) is 83.4 Å². The predicted molar refractivity (Wildman–Crippen MR) is 162 cm³/mol. The van der Waals surface area contributed by atoms with Crippen molar-refractivity contribution in [2.45, 2.75) is 106 Å². The third-order valence-corrected chi connectivity index (χ3v) is 8.08. The molecule has 1 fully saturated rings. The van der Waals surface area contributed by atoms with Crippen molar-refractivity contribution in [1.29, 1.82) is 0 Å². The number of hydrogen-bond donors (Lipinski definition) is 0. The first-order valence-electron chi connectivity index (χ1n) is 15.0. The molecular weight excluding hydrogens is 520 g/mol. The van der Waals surface area contributed by atoms with Gasteiger partial charge in [-0.2, -0.15) is 0 Å². The smallest absolute Gasteiger partial charge is 0.334 e. The van der Waals surface area contributed by atoms with Gasteiger partial charge in [0.25, 0.3) is 0 Å². The normalized spacial score (nSPS) is 23.4. The maximum absolute atomic E-state index is 13.4. The molecule has 1 saturated heterocycles. The standard InChI is InChI=1S/C34H50O7/c1-9-12-24(5)31(35)27(10-2)18-15-25(6)33(37)41-30-21-38-19-29(20-39-22-30)40-26(7)34(8,11-3)32(36)28-16-13-23(4)14-17-28/h12-13,15-16,18,26,29-30H,9-11,14,17,19-22H2,1-8H3/b24-12-,25-15+,27-18+/t26-,29?,30?,34?/m0/s1. The van der Waals surface area contributed by atoms with Crippen molar-refractivity contribution in [3.63, 3.8) is 0 Å². The fraction of sp³-hybridized carbons (Fsp3) is 0.618. The Labute approximate surface area is 246 Å². The molecule has 7 heteroatoms. The molecule has 2 atom stereocenters. The zero-order valence-electron chi connectivity index (χ0n) is 26.3. The number of rotatable bonds is 13. The average molecular weight is 571 g/mol. The molecule has 0 saturated carbocycles. The Hall–Kier alpha value is -2.61. The van der Waals surface area contributed by atoms with Crippen LogP contribution in [-0.4, -0.2) is 62.3 Å². The van der Waals surface area contributed by atoms with E-state index in [1.54, 1.807) is 26.0 Å². The van der Waals surface area contributed by atoms with Gasteiger partial charge in [0.15, 0.2) is 11.6 Å². The van der Waals surface area contributed by atoms with Gasteiger partial charge in [0.2, 0.25) is 0 Å². The van der Waals surface area contributed by atoms with E-state index in [-0.39, 0.29) is 50.2 Å². The fourth-order valence-corrected chi connectivity index (χ4v) is 4.82. The molecule has 0 aromatic heterocycles. The molecule has 0 bridgehead atoms. The lowest BCUT2D eigenvalue weighted by molar-refractivity contribution is -0.171. The summed E-state index contributed by atoms with van der Waals surface area (Å²) in [6.07, 6.45) is 11.6. The summed E-state index contributed by atoms with van der Waals surface area (Å²) in [5, 5.41) is 0. The van der Waals surface area contributed by atoms with Crippen molar-refractivity contribution < 1.29 is 33.3 Å². The predicted octanol–water partition coefficient (Wildman–Crippen LogP) is 6.58. The second kappa shape index (κ2) is 16.7. The van der Waals surface area contributed by atoms with Crippen molar-refractivity contribution in [3.8, 4) is 0 Å². The summed E-state index contributed by atoms with van der Waals surface area (Å²) >= 11 is 0. The molecule has 0 radical (unpaired) electrons. The first-order valence-corrected chi connectivity index (χ1v) is 15.0. The molecule has 1 heterocycles. The van der Waals surface area contributed by atoms with Gasteiger partial charge >= 0.3 is 5.97 Å². The second-order valence-corrected chi connectivity index (χ2v) is 11.3. The van der Waals surface area contributed by atoms with Crippen LogP contribution in [0.1, 0.15) is 87.5 Å². The van der Waals surface area contributed by atoms with E-state index >= 15 is 0 Å². The molecule has 1 unspecified atom stereocenters. The minimum Gasteiger partial charge on any atom is -0.454 e. The number of ether oxygens (including phenoxy) is 4. The minimum atomic E-state index is -0.656. The van der Waals surface area contributed by atoms with Crippen LogP contribution in [0.3, 0.4) is 0 Å². The largest absolute Gasteiger partial charge is 0.454 e. The van der Waals surface area contributed by atoms with Crippen molar-refractivity contribution >= 4 is 17.5 Å². The lowest BCUT2D eigenvalue weighted by Gasteiger charge is -2.37. The number of Topliss-reactive ketones (excluding diaryl/α,β-unsaturated/α-hetero) is 2. The van der Waals surface area contributed by atoms with Crippen LogP contribution >= 0.6 is 0 Å². The van der Waals surface area contributed by atoms with E-state index in [9.17, 15) is 14.4 Å². The summed E-state index contributed by atoms with van der Waals surface area (Å²) in [5.74, 6) is -0.359. The molecule has 7 nitrogen and oxygen atoms in total. The molecule has 2 rings (SSSR count). The molecular formula is C34H50O7. The van der Waals surface area contributed by atoms with Crippen LogP contribution in [0.5, 0.6) is 0 Å². The minimum absolute atomic E-state index is 0.0124. The highest BCUT2D eigenvalue weighted by Gasteiger charge is 2.40. The van der Waals surface area contributed by atoms with Gasteiger partial charge in [0, 0.05) is 5.57 Å². The van der Waals surface area contributed by atoms with Crippen LogP contribution in [0, 0.1) is 5.41 Å². The lowest BCUT2D eigenvalue weighted by Crippen LogP contribution is -2.45. The van der Waals surface area contributed by atoms with E-state index in [1.807, 2.05) is 52.8 Å². The van der Waals surface area contributed by atoms with Gasteiger partial charge in [-0.3, -0.25) is 9.59 Å². The van der Waals surface area contributed by atoms with E-state index in [0.29, 0.717) is 29.6 Å². The van der Waals surface area contributed by atoms with Gasteiger partial charge in [0.1, 0.15) is 12.2 Å². The van der Waals surface area contributed by atoms with E-state index < -0.39 is 17.5 Å². The summed E-state index contributed by atoms with van der Waals surface area (Å²) in [6.45, 7) is 16.3. The molecule has 0 aromatic carbocycles. The van der Waals surface area contributed by atoms with Gasteiger partial charge in [-0.25, -0.2) is 4.79 Å². The van der Waals surface area contributed by atoms with E-state index in [1.165, 1.54) is 5.57 Å². The quantitative estimate of drug-likeness (QED) is 0.140. The van der Waals surface area contributed by atoms with Gasteiger partial charge in [0.05, 0.1) is 37.9 Å². The number of ketones is 2. The van der Waals surface area contributed by atoms with Crippen molar-refractivity contribution in [2.24, 2.45) is 5.41 Å². The first-order chi connectivity index (χ1) is 19.5. The molecule has 0 N–H and O–H groups in total. The van der Waals surface area contributed by atoms with E-state index in [2.05, 4.69) is 6.92 Å². The third kappa shape index (κ3) is 10.0. The van der Waals surface area contributed by atoms with Crippen LogP contribution in [-0.2, 0) is 33.3 Å². The maximum atomic E-state index is 13.4. The average Bonchev–Trinajstić information content (AvgIpc) is 2.95. The summed E-state index contributed by atoms with van der Waals surface area (Å²) in [5.41, 5.74) is 3.21. The van der Waals surface area contributed by atoms with Gasteiger partial charge < -0.3 is 18.9 Å². The zero-order chi connectivity index (χ0) is 30.6. The lowest BCUT2D eigenvalue weighted by atomic mass is 9.74. The molecule has 0 aromatic rings. The Kier molecular flexibility index (Phi) is 14.1. The highest BCUT2D eigenvalue weighted by molar-refractivity contribution is 6.08. The Morgan fingerprint density at radius 2 is 1.61 bits per heavy atom. The molecule has 41 heavy (non-hydrogen) atoms. The highest BCUT2D eigenvalue weighted by atomic mass is 16.6. The van der Waals surface area contributed by atoms with Crippen LogP contribution in [0.2, 0.25) is 0 Å². The van der Waals surface area contributed by atoms with Crippen molar-refractivity contribution in [2.75, 3.05) is 26.4 Å². The second-order valence-electron chi connectivity index (χ2n) is 11.3. The number of esters is 1. The number of carbonyl (C=O) groups excluding carboxylic acids is 3. The summed E-state index contributed by atoms with van der Waals surface area (Å²) in [4.78, 5) is 38.7. The Morgan fingerprint density at radius 3 is 2.15 bits per heavy atom. The molecule has 228 valence electrons. The summed E-state index contributed by atoms with van der Waals surface area (Å²) in [6, 6.07) is 0. The SMILES string of the molecule is CC/C=C(/C)C(=O)/C(=C/C=C(\C)C(=O)OC1COCC(O[C@@H](C)C(C)(CC)C(=O)C2=CC=C(C)CC2)COC1)CC. The monoisotopic (exact) mass is 570 g/mol. The molecule has 1 aliphatic heterocycles. The van der Waals surface area contributed by atoms with E-state index in [4.69, 9.17) is 18.9 Å². The van der Waals surface area contributed by atoms with Gasteiger partial charge in [-0.15, -0.1) is 0 Å². The van der Waals surface area contributed by atoms with Crippen LogP contribution < -0.4 is 0 Å². The molecule has 0 spiro atoms. The van der Waals surface area contributed by atoms with Crippen LogP contribution in [0.25, 0.3) is 0 Å². The fourth-order valence-electron chi connectivity index (χ4n) is 4.82. The highest BCUT2D eigenvalue weighted by Crippen LogP contribution is 2.35. The van der Waals surface area contributed by atoms with E-state index in [0.717, 1.165) is 24.8 Å². The van der Waals surface area contributed by atoms with Crippen molar-refractivity contribution in [3.05, 3.63) is 58.2 Å². The molecule has 0 amide bonds. The number of hydrogen-bond acceptors (Lipinski definition) is 7. The number of allylic oxidation sites excluding steroid dienone is 9. The van der Waals surface area contributed by atoms with Crippen LogP contribution in [0.15, 0.2) is 58.2 Å². The topological polar surface area (TPSA) is 88.1 Å². The zero-order valence-corrected chi connectivity index (χ0v) is 26.3. The molecule has 2 aliphatic rings. The van der Waals surface area contributed by atoms with Crippen LogP contribution in [0.4, 0.5) is 0 Å². The van der Waals surface area contributed by atoms with Gasteiger partial charge in [-0.1, -0.05) is 56.7 Å². The van der Waals surface area contributed by atoms with Crippen molar-refractivity contribution in [1.82, 2.24) is 0 Å². The Morgan fingerprint density at radius 1 is 0.976 bits per heavy atom. The summed E-state index contributed by atoms with van der Waals surface area (Å²) < 4.78 is 23.6.